The van der Waals surface area contributed by atoms with Crippen LogP contribution in [0.2, 0.25) is 0 Å². The van der Waals surface area contributed by atoms with Crippen molar-refractivity contribution in [3.8, 4) is 0 Å². The standard InChI is InChI=1S/C26H18BrN3O4/c1-14-5-3-8-21(15(14)2)29-25(31)19-7-4-6-18-23(19)20(26(29)32)13-22(30(33)34)24(18)28-17-11-9-16(27)10-12-17/h3-13,28H,1-2H3. The van der Waals surface area contributed by atoms with Gasteiger partial charge in [-0.1, -0.05) is 40.2 Å². The molecule has 34 heavy (non-hydrogen) atoms. The van der Waals surface area contributed by atoms with Crippen LogP contribution in [0.5, 0.6) is 0 Å². The Morgan fingerprint density at radius 2 is 1.59 bits per heavy atom. The van der Waals surface area contributed by atoms with E-state index in [4.69, 9.17) is 0 Å². The molecule has 1 N–H and O–H groups in total. The second-order valence-corrected chi connectivity index (χ2v) is 9.02. The summed E-state index contributed by atoms with van der Waals surface area (Å²) in [6.45, 7) is 3.74. The molecule has 0 saturated carbocycles. The number of hydrogen-bond acceptors (Lipinski definition) is 5. The molecule has 168 valence electrons. The third-order valence-electron chi connectivity index (χ3n) is 6.13. The fourth-order valence-electron chi connectivity index (χ4n) is 4.30. The number of benzene rings is 4. The van der Waals surface area contributed by atoms with Crippen LogP contribution in [0.25, 0.3) is 10.8 Å². The Bertz CT molecular complexity index is 1530. The number of aryl methyl sites for hydroxylation is 1. The molecular formula is C26H18BrN3O4. The van der Waals surface area contributed by atoms with E-state index in [9.17, 15) is 19.7 Å². The number of hydrogen-bond donors (Lipinski definition) is 1. The van der Waals surface area contributed by atoms with Crippen molar-refractivity contribution in [2.75, 3.05) is 10.2 Å². The molecule has 0 saturated heterocycles. The van der Waals surface area contributed by atoms with E-state index >= 15 is 0 Å². The van der Waals surface area contributed by atoms with Crippen molar-refractivity contribution in [2.45, 2.75) is 13.8 Å². The average molecular weight is 516 g/mol. The van der Waals surface area contributed by atoms with Crippen LogP contribution in [0.4, 0.5) is 22.7 Å². The highest BCUT2D eigenvalue weighted by atomic mass is 79.9. The number of nitro groups is 1. The molecule has 2 amide bonds. The predicted molar refractivity (Wildman–Crippen MR) is 135 cm³/mol. The summed E-state index contributed by atoms with van der Waals surface area (Å²) in [4.78, 5) is 39.8. The van der Waals surface area contributed by atoms with Crippen LogP contribution in [-0.4, -0.2) is 16.7 Å². The first kappa shape index (κ1) is 21.8. The van der Waals surface area contributed by atoms with Crippen molar-refractivity contribution in [1.29, 1.82) is 0 Å². The van der Waals surface area contributed by atoms with E-state index in [0.717, 1.165) is 20.5 Å². The molecule has 4 aromatic rings. The van der Waals surface area contributed by atoms with Crippen LogP contribution in [0, 0.1) is 24.0 Å². The number of carbonyl (C=O) groups is 2. The van der Waals surface area contributed by atoms with Gasteiger partial charge in [0.2, 0.25) is 0 Å². The Hall–Kier alpha value is -4.04. The lowest BCUT2D eigenvalue weighted by molar-refractivity contribution is -0.383. The number of carbonyl (C=O) groups excluding carboxylic acids is 2. The second-order valence-electron chi connectivity index (χ2n) is 8.10. The van der Waals surface area contributed by atoms with Crippen molar-refractivity contribution in [2.24, 2.45) is 0 Å². The SMILES string of the molecule is Cc1cccc(N2C(=O)c3cccc4c(Nc5ccc(Br)cc5)c([N+](=O)[O-])cc(c34)C2=O)c1C. The van der Waals surface area contributed by atoms with E-state index in [-0.39, 0.29) is 16.9 Å². The average Bonchev–Trinajstić information content (AvgIpc) is 2.82. The van der Waals surface area contributed by atoms with E-state index < -0.39 is 16.7 Å². The molecule has 5 rings (SSSR count). The largest absolute Gasteiger partial charge is 0.349 e. The predicted octanol–water partition coefficient (Wildman–Crippen LogP) is 6.67. The molecule has 0 atom stereocenters. The quantitative estimate of drug-likeness (QED) is 0.186. The summed E-state index contributed by atoms with van der Waals surface area (Å²) >= 11 is 3.38. The van der Waals surface area contributed by atoms with Crippen molar-refractivity contribution in [3.63, 3.8) is 0 Å². The molecule has 0 radical (unpaired) electrons. The highest BCUT2D eigenvalue weighted by Crippen LogP contribution is 2.42. The van der Waals surface area contributed by atoms with Crippen LogP contribution in [0.1, 0.15) is 31.8 Å². The van der Waals surface area contributed by atoms with Gasteiger partial charge in [0.1, 0.15) is 5.69 Å². The van der Waals surface area contributed by atoms with Crippen LogP contribution in [0.15, 0.2) is 71.2 Å². The summed E-state index contributed by atoms with van der Waals surface area (Å²) in [6, 6.07) is 18.8. The van der Waals surface area contributed by atoms with Crippen LogP contribution in [0.3, 0.4) is 0 Å². The van der Waals surface area contributed by atoms with Gasteiger partial charge in [-0.3, -0.25) is 19.7 Å². The van der Waals surface area contributed by atoms with Crippen LogP contribution >= 0.6 is 15.9 Å². The summed E-state index contributed by atoms with van der Waals surface area (Å²) in [7, 11) is 0. The van der Waals surface area contributed by atoms with Crippen LogP contribution in [-0.2, 0) is 0 Å². The molecule has 1 aliphatic heterocycles. The zero-order valence-corrected chi connectivity index (χ0v) is 19.8. The van der Waals surface area contributed by atoms with E-state index in [1.54, 1.807) is 42.5 Å². The number of anilines is 3. The topological polar surface area (TPSA) is 92.6 Å². The highest BCUT2D eigenvalue weighted by Gasteiger charge is 2.37. The number of nitrogens with zero attached hydrogens (tertiary/aromatic N) is 2. The van der Waals surface area contributed by atoms with E-state index in [1.165, 1.54) is 6.07 Å². The Balaban J connectivity index is 1.76. The smallest absolute Gasteiger partial charge is 0.294 e. The lowest BCUT2D eigenvalue weighted by Gasteiger charge is -2.29. The number of nitrogens with one attached hydrogen (secondary N) is 1. The molecule has 1 aliphatic rings. The first-order valence-electron chi connectivity index (χ1n) is 10.5. The van der Waals surface area contributed by atoms with E-state index in [0.29, 0.717) is 27.7 Å². The molecule has 0 unspecified atom stereocenters. The zero-order valence-electron chi connectivity index (χ0n) is 18.3. The Morgan fingerprint density at radius 1 is 0.912 bits per heavy atom. The van der Waals surface area contributed by atoms with Gasteiger partial charge in [0, 0.05) is 32.6 Å². The maximum Gasteiger partial charge on any atom is 0.294 e. The molecule has 4 aromatic carbocycles. The molecule has 0 bridgehead atoms. The minimum absolute atomic E-state index is 0.124. The minimum atomic E-state index is -0.583. The molecule has 0 aliphatic carbocycles. The first-order valence-corrected chi connectivity index (χ1v) is 11.3. The minimum Gasteiger partial charge on any atom is -0.349 e. The van der Waals surface area contributed by atoms with Gasteiger partial charge in [-0.2, -0.15) is 0 Å². The number of amides is 2. The highest BCUT2D eigenvalue weighted by molar-refractivity contribution is 9.10. The van der Waals surface area contributed by atoms with E-state index in [2.05, 4.69) is 21.2 Å². The molecule has 0 fully saturated rings. The van der Waals surface area contributed by atoms with Gasteiger partial charge in [-0.05, 0) is 61.4 Å². The Morgan fingerprint density at radius 3 is 2.29 bits per heavy atom. The maximum absolute atomic E-state index is 13.6. The summed E-state index contributed by atoms with van der Waals surface area (Å²) in [5.41, 5.74) is 3.26. The molecular weight excluding hydrogens is 498 g/mol. The van der Waals surface area contributed by atoms with Gasteiger partial charge in [-0.15, -0.1) is 0 Å². The van der Waals surface area contributed by atoms with Crippen molar-refractivity contribution in [3.05, 3.63) is 104 Å². The van der Waals surface area contributed by atoms with Gasteiger partial charge in [-0.25, -0.2) is 4.90 Å². The third kappa shape index (κ3) is 3.34. The van der Waals surface area contributed by atoms with Gasteiger partial charge < -0.3 is 5.32 Å². The lowest BCUT2D eigenvalue weighted by atomic mass is 9.91. The van der Waals surface area contributed by atoms with Crippen LogP contribution < -0.4 is 10.2 Å². The monoisotopic (exact) mass is 515 g/mol. The Kier molecular flexibility index (Phi) is 5.17. The zero-order chi connectivity index (χ0) is 24.1. The third-order valence-corrected chi connectivity index (χ3v) is 6.66. The summed E-state index contributed by atoms with van der Waals surface area (Å²) in [5, 5.41) is 16.0. The fourth-order valence-corrected chi connectivity index (χ4v) is 4.56. The Labute approximate surface area is 203 Å². The van der Waals surface area contributed by atoms with Gasteiger partial charge in [0.05, 0.1) is 16.2 Å². The van der Waals surface area contributed by atoms with Crippen molar-refractivity contribution < 1.29 is 14.5 Å². The number of halogens is 1. The molecule has 7 nitrogen and oxygen atoms in total. The molecule has 0 spiro atoms. The van der Waals surface area contributed by atoms with E-state index in [1.807, 2.05) is 32.0 Å². The summed E-state index contributed by atoms with van der Waals surface area (Å²) in [5.74, 6) is -1.04. The number of imide groups is 1. The normalized spacial score (nSPS) is 12.9. The van der Waals surface area contributed by atoms with Gasteiger partial charge >= 0.3 is 0 Å². The molecule has 8 heteroatoms. The van der Waals surface area contributed by atoms with Crippen molar-refractivity contribution in [1.82, 2.24) is 0 Å². The molecule has 1 heterocycles. The summed E-state index contributed by atoms with van der Waals surface area (Å²) < 4.78 is 0.868. The fraction of sp³-hybridized carbons (Fsp3) is 0.0769. The molecule has 0 aromatic heterocycles. The maximum atomic E-state index is 13.6. The van der Waals surface area contributed by atoms with Crippen molar-refractivity contribution >= 4 is 61.3 Å². The second kappa shape index (κ2) is 8.07. The lowest BCUT2D eigenvalue weighted by Crippen LogP contribution is -2.41. The summed E-state index contributed by atoms with van der Waals surface area (Å²) in [6.07, 6.45) is 0. The van der Waals surface area contributed by atoms with Gasteiger partial charge in [0.15, 0.2) is 0 Å². The first-order chi connectivity index (χ1) is 16.3. The number of nitro benzene ring substituents is 1. The number of rotatable bonds is 4. The van der Waals surface area contributed by atoms with Gasteiger partial charge in [0.25, 0.3) is 17.5 Å².